The Morgan fingerprint density at radius 2 is 1.86 bits per heavy atom. The number of anilines is 2. The summed E-state index contributed by atoms with van der Waals surface area (Å²) in [6, 6.07) is 8.08. The zero-order chi connectivity index (χ0) is 26.4. The lowest BCUT2D eigenvalue weighted by Crippen LogP contribution is -2.29. The first kappa shape index (κ1) is 25.9. The van der Waals surface area contributed by atoms with Crippen molar-refractivity contribution >= 4 is 28.6 Å². The van der Waals surface area contributed by atoms with E-state index in [0.717, 1.165) is 36.9 Å². The molecule has 6 nitrogen and oxygen atoms in total. The summed E-state index contributed by atoms with van der Waals surface area (Å²) >= 11 is 0. The van der Waals surface area contributed by atoms with Gasteiger partial charge in [-0.1, -0.05) is 20.8 Å². The molecule has 3 aromatic rings. The average Bonchev–Trinajstić information content (AvgIpc) is 3.07. The molecule has 0 saturated heterocycles. The molecule has 194 valence electrons. The Morgan fingerprint density at radius 1 is 1.19 bits per heavy atom. The van der Waals surface area contributed by atoms with E-state index in [-0.39, 0.29) is 28.9 Å². The van der Waals surface area contributed by atoms with Crippen LogP contribution in [0.2, 0.25) is 0 Å². The molecule has 1 aliphatic rings. The van der Waals surface area contributed by atoms with Crippen molar-refractivity contribution in [1.82, 2.24) is 9.55 Å². The van der Waals surface area contributed by atoms with Gasteiger partial charge < -0.3 is 19.7 Å². The molecule has 0 bridgehead atoms. The lowest BCUT2D eigenvalue weighted by Gasteiger charge is -2.40. The number of rotatable bonds is 6. The minimum absolute atomic E-state index is 0.0132. The Labute approximate surface area is 208 Å². The number of ether oxygens (including phenoxy) is 1. The lowest BCUT2D eigenvalue weighted by atomic mass is 9.70. The van der Waals surface area contributed by atoms with Crippen LogP contribution in [0.1, 0.15) is 75.8 Å². The maximum absolute atomic E-state index is 13.0. The Balaban J connectivity index is 1.86. The van der Waals surface area contributed by atoms with Crippen molar-refractivity contribution in [1.29, 1.82) is 0 Å². The van der Waals surface area contributed by atoms with Crippen molar-refractivity contribution in [3.8, 4) is 5.75 Å². The summed E-state index contributed by atoms with van der Waals surface area (Å²) < 4.78 is 47.0. The number of alkyl halides is 3. The van der Waals surface area contributed by atoms with E-state index in [9.17, 15) is 23.1 Å². The minimum Gasteiger partial charge on any atom is -0.490 e. The molecule has 0 amide bonds. The predicted molar refractivity (Wildman–Crippen MR) is 133 cm³/mol. The number of aromatic nitrogens is 2. The van der Waals surface area contributed by atoms with Crippen molar-refractivity contribution < 1.29 is 27.8 Å². The fourth-order valence-corrected chi connectivity index (χ4v) is 5.46. The molecule has 1 aromatic heterocycles. The molecule has 2 atom stereocenters. The maximum Gasteiger partial charge on any atom is 0.416 e. The molecule has 2 aromatic carbocycles. The fourth-order valence-electron chi connectivity index (χ4n) is 5.46. The molecule has 1 saturated carbocycles. The summed E-state index contributed by atoms with van der Waals surface area (Å²) in [5.74, 6) is 0.0552. The standard InChI is InChI=1S/C27H32F3N3O3/c1-15(2)36-23-12-22-21(11-20(23)24(34)35)32-25(31-18-8-6-17(7-9-18)27(28,29)30)33(22)19-10-16(3)13-26(4,5)14-19/h6-9,11-12,15-16,19H,10,13-14H2,1-5H3,(H,31,32)(H,34,35)/t16-,19-/m1/s1. The van der Waals surface area contributed by atoms with Gasteiger partial charge in [0.15, 0.2) is 0 Å². The highest BCUT2D eigenvalue weighted by molar-refractivity contribution is 5.96. The van der Waals surface area contributed by atoms with E-state index in [1.165, 1.54) is 18.2 Å². The number of imidazole rings is 1. The minimum atomic E-state index is -4.42. The third-order valence-corrected chi connectivity index (χ3v) is 6.58. The van der Waals surface area contributed by atoms with Gasteiger partial charge in [-0.15, -0.1) is 0 Å². The van der Waals surface area contributed by atoms with E-state index < -0.39 is 17.7 Å². The second-order valence-electron chi connectivity index (χ2n) is 10.9. The van der Waals surface area contributed by atoms with Gasteiger partial charge in [0.05, 0.1) is 22.7 Å². The van der Waals surface area contributed by atoms with Gasteiger partial charge in [-0.25, -0.2) is 9.78 Å². The molecule has 0 radical (unpaired) electrons. The van der Waals surface area contributed by atoms with Crippen LogP contribution in [0.25, 0.3) is 11.0 Å². The molecule has 4 rings (SSSR count). The van der Waals surface area contributed by atoms with Crippen LogP contribution in [0.3, 0.4) is 0 Å². The van der Waals surface area contributed by atoms with Crippen LogP contribution in [0, 0.1) is 11.3 Å². The smallest absolute Gasteiger partial charge is 0.416 e. The highest BCUT2D eigenvalue weighted by Gasteiger charge is 2.35. The van der Waals surface area contributed by atoms with Gasteiger partial charge >= 0.3 is 12.1 Å². The van der Waals surface area contributed by atoms with E-state index in [0.29, 0.717) is 23.1 Å². The van der Waals surface area contributed by atoms with Crippen molar-refractivity contribution in [2.75, 3.05) is 5.32 Å². The number of carboxylic acids is 1. The summed E-state index contributed by atoms with van der Waals surface area (Å²) in [7, 11) is 0. The molecule has 1 aliphatic carbocycles. The molecule has 2 N–H and O–H groups in total. The van der Waals surface area contributed by atoms with Crippen LogP contribution >= 0.6 is 0 Å². The van der Waals surface area contributed by atoms with Crippen LogP contribution in [0.5, 0.6) is 5.75 Å². The molecule has 0 unspecified atom stereocenters. The van der Waals surface area contributed by atoms with Gasteiger partial charge in [0, 0.05) is 17.8 Å². The van der Waals surface area contributed by atoms with Crippen molar-refractivity contribution in [2.24, 2.45) is 11.3 Å². The first-order valence-electron chi connectivity index (χ1n) is 12.1. The third kappa shape index (κ3) is 5.44. The number of hydrogen-bond acceptors (Lipinski definition) is 4. The summed E-state index contributed by atoms with van der Waals surface area (Å²) in [5.41, 5.74) is 1.03. The fraction of sp³-hybridized carbons (Fsp3) is 0.481. The molecule has 9 heteroatoms. The summed E-state index contributed by atoms with van der Waals surface area (Å²) in [6.07, 6.45) is -1.78. The Bertz CT molecular complexity index is 1260. The first-order chi connectivity index (χ1) is 16.7. The topological polar surface area (TPSA) is 76.4 Å². The molecule has 1 fully saturated rings. The second kappa shape index (κ2) is 9.33. The zero-order valence-electron chi connectivity index (χ0n) is 21.1. The average molecular weight is 504 g/mol. The van der Waals surface area contributed by atoms with Gasteiger partial charge in [0.25, 0.3) is 0 Å². The maximum atomic E-state index is 13.0. The van der Waals surface area contributed by atoms with Crippen molar-refractivity contribution in [2.45, 2.75) is 72.2 Å². The van der Waals surface area contributed by atoms with Gasteiger partial charge in [0.2, 0.25) is 5.95 Å². The van der Waals surface area contributed by atoms with Gasteiger partial charge in [0.1, 0.15) is 11.3 Å². The number of halogens is 3. The number of benzene rings is 2. The number of hydrogen-bond donors (Lipinski definition) is 2. The molecule has 0 spiro atoms. The molecule has 36 heavy (non-hydrogen) atoms. The highest BCUT2D eigenvalue weighted by Crippen LogP contribution is 2.46. The number of carbonyl (C=O) groups is 1. The normalized spacial score (nSPS) is 20.0. The molecular weight excluding hydrogens is 471 g/mol. The summed E-state index contributed by atoms with van der Waals surface area (Å²) in [6.45, 7) is 10.3. The summed E-state index contributed by atoms with van der Waals surface area (Å²) in [4.78, 5) is 16.7. The van der Waals surface area contributed by atoms with Crippen LogP contribution in [0.15, 0.2) is 36.4 Å². The Morgan fingerprint density at radius 3 is 2.42 bits per heavy atom. The largest absolute Gasteiger partial charge is 0.490 e. The SMILES string of the molecule is CC(C)Oc1cc2c(cc1C(=O)O)nc(Nc1ccc(C(F)(F)F)cc1)n2[C@@H]1C[C@@H](C)CC(C)(C)C1. The number of aromatic carboxylic acids is 1. The monoisotopic (exact) mass is 503 g/mol. The predicted octanol–water partition coefficient (Wildman–Crippen LogP) is 7.67. The van der Waals surface area contributed by atoms with Crippen molar-refractivity contribution in [3.63, 3.8) is 0 Å². The van der Waals surface area contributed by atoms with Crippen LogP contribution in [0.4, 0.5) is 24.8 Å². The molecule has 0 aliphatic heterocycles. The summed E-state index contributed by atoms with van der Waals surface area (Å²) in [5, 5.41) is 13.0. The van der Waals surface area contributed by atoms with E-state index >= 15 is 0 Å². The molecular formula is C27H32F3N3O3. The van der Waals surface area contributed by atoms with E-state index in [1.807, 2.05) is 13.8 Å². The Kier molecular flexibility index (Phi) is 6.70. The van der Waals surface area contributed by atoms with Crippen molar-refractivity contribution in [3.05, 3.63) is 47.5 Å². The van der Waals surface area contributed by atoms with Crippen LogP contribution in [-0.4, -0.2) is 26.7 Å². The van der Waals surface area contributed by atoms with Gasteiger partial charge in [-0.2, -0.15) is 13.2 Å². The number of nitrogens with zero attached hydrogens (tertiary/aromatic N) is 2. The van der Waals surface area contributed by atoms with Gasteiger partial charge in [-0.3, -0.25) is 0 Å². The number of carboxylic acid groups (broad SMARTS) is 1. The first-order valence-corrected chi connectivity index (χ1v) is 12.1. The van der Waals surface area contributed by atoms with E-state index in [2.05, 4.69) is 30.7 Å². The second-order valence-corrected chi connectivity index (χ2v) is 10.9. The lowest BCUT2D eigenvalue weighted by molar-refractivity contribution is -0.137. The number of nitrogens with one attached hydrogen (secondary N) is 1. The molecule has 1 heterocycles. The Hall–Kier alpha value is -3.23. The number of fused-ring (bicyclic) bond motifs is 1. The quantitative estimate of drug-likeness (QED) is 0.361. The van der Waals surface area contributed by atoms with E-state index in [4.69, 9.17) is 9.72 Å². The van der Waals surface area contributed by atoms with Gasteiger partial charge in [-0.05, 0) is 74.8 Å². The van der Waals surface area contributed by atoms with Crippen LogP contribution < -0.4 is 10.1 Å². The third-order valence-electron chi connectivity index (χ3n) is 6.58. The highest BCUT2D eigenvalue weighted by atomic mass is 19.4. The van der Waals surface area contributed by atoms with E-state index in [1.54, 1.807) is 6.07 Å². The zero-order valence-corrected chi connectivity index (χ0v) is 21.1. The van der Waals surface area contributed by atoms with Crippen LogP contribution in [-0.2, 0) is 6.18 Å².